The molecular weight excluding hydrogens is 382 g/mol. The van der Waals surface area contributed by atoms with Gasteiger partial charge in [-0.15, -0.1) is 0 Å². The Hall–Kier alpha value is -3.42. The van der Waals surface area contributed by atoms with Crippen LogP contribution in [0.4, 0.5) is 16.4 Å². The van der Waals surface area contributed by atoms with Gasteiger partial charge in [0, 0.05) is 17.8 Å². The minimum Gasteiger partial charge on any atom is -0.488 e. The average molecular weight is 407 g/mol. The number of rotatable bonds is 3. The molecule has 1 N–H and O–H groups in total. The van der Waals surface area contributed by atoms with Crippen molar-refractivity contribution in [3.63, 3.8) is 0 Å². The van der Waals surface area contributed by atoms with Crippen molar-refractivity contribution in [2.24, 2.45) is 0 Å². The fraction of sp³-hybridized carbons (Fsp3) is 0.364. The molecule has 3 aromatic heterocycles. The smallest absolute Gasteiger partial charge is 0.407 e. The van der Waals surface area contributed by atoms with E-state index in [0.29, 0.717) is 18.8 Å². The summed E-state index contributed by atoms with van der Waals surface area (Å²) >= 11 is 0. The molecule has 8 heteroatoms. The lowest BCUT2D eigenvalue weighted by molar-refractivity contribution is 0.0523. The third-order valence-electron chi connectivity index (χ3n) is 4.50. The fourth-order valence-corrected chi connectivity index (χ4v) is 3.19. The van der Waals surface area contributed by atoms with E-state index in [-0.39, 0.29) is 6.54 Å². The molecule has 0 fully saturated rings. The number of amides is 1. The van der Waals surface area contributed by atoms with Gasteiger partial charge in [0.2, 0.25) is 0 Å². The molecule has 1 aliphatic rings. The number of aryl methyl sites for hydroxylation is 1. The number of fused-ring (bicyclic) bond motifs is 2. The average Bonchev–Trinajstić information content (AvgIpc) is 2.69. The number of nitrogens with zero attached hydrogens (tertiary/aromatic N) is 4. The Balaban J connectivity index is 1.57. The van der Waals surface area contributed by atoms with Crippen LogP contribution in [-0.4, -0.2) is 39.8 Å². The van der Waals surface area contributed by atoms with E-state index in [1.54, 1.807) is 6.20 Å². The Morgan fingerprint density at radius 3 is 2.87 bits per heavy atom. The number of carbonyl (C=O) groups is 1. The summed E-state index contributed by atoms with van der Waals surface area (Å²) < 4.78 is 11.0. The van der Waals surface area contributed by atoms with Crippen LogP contribution in [0.2, 0.25) is 0 Å². The first-order valence-corrected chi connectivity index (χ1v) is 9.88. The van der Waals surface area contributed by atoms with Gasteiger partial charge in [-0.1, -0.05) is 0 Å². The van der Waals surface area contributed by atoms with Crippen LogP contribution in [0.5, 0.6) is 5.75 Å². The topological polar surface area (TPSA) is 89.5 Å². The maximum Gasteiger partial charge on any atom is 0.407 e. The Morgan fingerprint density at radius 2 is 2.07 bits per heavy atom. The largest absolute Gasteiger partial charge is 0.488 e. The summed E-state index contributed by atoms with van der Waals surface area (Å²) in [7, 11) is 0. The first-order chi connectivity index (χ1) is 14.3. The molecule has 4 heterocycles. The lowest BCUT2D eigenvalue weighted by Crippen LogP contribution is -2.32. The summed E-state index contributed by atoms with van der Waals surface area (Å²) in [5.74, 6) is 2.32. The monoisotopic (exact) mass is 407 g/mol. The van der Waals surface area contributed by atoms with E-state index in [1.165, 1.54) is 0 Å². The minimum atomic E-state index is -0.543. The van der Waals surface area contributed by atoms with Gasteiger partial charge in [-0.3, -0.25) is 4.98 Å². The molecule has 3 aromatic rings. The summed E-state index contributed by atoms with van der Waals surface area (Å²) in [5.41, 5.74) is 2.01. The van der Waals surface area contributed by atoms with Gasteiger partial charge in [0.1, 0.15) is 18.0 Å². The molecule has 1 aliphatic heterocycles. The lowest BCUT2D eigenvalue weighted by atomic mass is 10.2. The molecule has 1 amide bonds. The van der Waals surface area contributed by atoms with Gasteiger partial charge in [-0.05, 0) is 57.5 Å². The normalized spacial score (nSPS) is 13.5. The number of ether oxygens (including phenoxy) is 2. The quantitative estimate of drug-likeness (QED) is 0.704. The third kappa shape index (κ3) is 4.42. The van der Waals surface area contributed by atoms with Gasteiger partial charge in [0.15, 0.2) is 11.6 Å². The minimum absolute atomic E-state index is 0.262. The van der Waals surface area contributed by atoms with Gasteiger partial charge in [-0.25, -0.2) is 14.8 Å². The fourth-order valence-electron chi connectivity index (χ4n) is 3.19. The summed E-state index contributed by atoms with van der Waals surface area (Å²) in [4.78, 5) is 27.7. The number of hydrogen-bond donors (Lipinski definition) is 1. The van der Waals surface area contributed by atoms with E-state index >= 15 is 0 Å². The second-order valence-electron chi connectivity index (χ2n) is 8.23. The van der Waals surface area contributed by atoms with E-state index < -0.39 is 11.7 Å². The second kappa shape index (κ2) is 7.78. The highest BCUT2D eigenvalue weighted by Crippen LogP contribution is 2.34. The van der Waals surface area contributed by atoms with Crippen molar-refractivity contribution in [2.75, 3.05) is 18.1 Å². The van der Waals surface area contributed by atoms with Crippen LogP contribution >= 0.6 is 0 Å². The van der Waals surface area contributed by atoms with Gasteiger partial charge < -0.3 is 19.7 Å². The van der Waals surface area contributed by atoms with Crippen molar-refractivity contribution >= 4 is 28.6 Å². The Labute approximate surface area is 175 Å². The zero-order valence-corrected chi connectivity index (χ0v) is 17.6. The zero-order chi connectivity index (χ0) is 21.3. The van der Waals surface area contributed by atoms with Crippen LogP contribution in [-0.2, 0) is 11.3 Å². The SMILES string of the molecule is Cc1cnc2c(c1)OCCN2c1ccc2cnc(CNC(=O)OC(C)(C)C)cc2n1. The molecule has 0 saturated heterocycles. The molecule has 0 aromatic carbocycles. The van der Waals surface area contributed by atoms with E-state index in [2.05, 4.69) is 20.2 Å². The molecule has 156 valence electrons. The van der Waals surface area contributed by atoms with Gasteiger partial charge in [0.05, 0.1) is 24.3 Å². The highest BCUT2D eigenvalue weighted by molar-refractivity contribution is 5.81. The molecular formula is C22H25N5O3. The predicted molar refractivity (Wildman–Crippen MR) is 114 cm³/mol. The van der Waals surface area contributed by atoms with Crippen LogP contribution in [0, 0.1) is 6.92 Å². The van der Waals surface area contributed by atoms with Crippen molar-refractivity contribution in [3.05, 3.63) is 47.9 Å². The van der Waals surface area contributed by atoms with E-state index in [9.17, 15) is 4.79 Å². The number of pyridine rings is 3. The van der Waals surface area contributed by atoms with Crippen molar-refractivity contribution in [1.29, 1.82) is 0 Å². The Bertz CT molecular complexity index is 1090. The number of alkyl carbamates (subject to hydrolysis) is 1. The summed E-state index contributed by atoms with van der Waals surface area (Å²) in [6.07, 6.45) is 3.11. The van der Waals surface area contributed by atoms with Gasteiger partial charge in [-0.2, -0.15) is 0 Å². The molecule has 0 bridgehead atoms. The highest BCUT2D eigenvalue weighted by atomic mass is 16.6. The van der Waals surface area contributed by atoms with E-state index in [1.807, 2.05) is 58.2 Å². The summed E-state index contributed by atoms with van der Waals surface area (Å²) in [6, 6.07) is 7.80. The summed E-state index contributed by atoms with van der Waals surface area (Å²) in [6.45, 7) is 8.96. The van der Waals surface area contributed by atoms with Crippen molar-refractivity contribution in [1.82, 2.24) is 20.3 Å². The zero-order valence-electron chi connectivity index (χ0n) is 17.6. The van der Waals surface area contributed by atoms with Crippen LogP contribution in [0.15, 0.2) is 36.7 Å². The maximum atomic E-state index is 11.9. The van der Waals surface area contributed by atoms with E-state index in [4.69, 9.17) is 14.5 Å². The first kappa shape index (κ1) is 19.9. The molecule has 30 heavy (non-hydrogen) atoms. The van der Waals surface area contributed by atoms with Crippen molar-refractivity contribution < 1.29 is 14.3 Å². The molecule has 0 saturated carbocycles. The highest BCUT2D eigenvalue weighted by Gasteiger charge is 2.22. The van der Waals surface area contributed by atoms with Crippen molar-refractivity contribution in [3.8, 4) is 5.75 Å². The standard InChI is InChI=1S/C22H25N5O3/c1-14-9-18-20(24-11-14)27(7-8-29-18)19-6-5-15-12-23-16(10-17(15)26-19)13-25-21(28)30-22(2,3)4/h5-6,9-12H,7-8,13H2,1-4H3,(H,25,28). The molecule has 0 spiro atoms. The number of anilines is 2. The molecule has 4 rings (SSSR count). The Kier molecular flexibility index (Phi) is 5.15. The third-order valence-corrected chi connectivity index (χ3v) is 4.50. The Morgan fingerprint density at radius 1 is 1.23 bits per heavy atom. The number of nitrogens with one attached hydrogen (secondary N) is 1. The van der Waals surface area contributed by atoms with Crippen molar-refractivity contribution in [2.45, 2.75) is 39.8 Å². The van der Waals surface area contributed by atoms with Crippen LogP contribution in [0.25, 0.3) is 10.9 Å². The van der Waals surface area contributed by atoms with Crippen LogP contribution < -0.4 is 15.0 Å². The molecule has 0 aliphatic carbocycles. The number of carbonyl (C=O) groups excluding carboxylic acids is 1. The molecule has 0 unspecified atom stereocenters. The van der Waals surface area contributed by atoms with Crippen LogP contribution in [0.1, 0.15) is 32.0 Å². The van der Waals surface area contributed by atoms with E-state index in [0.717, 1.165) is 33.9 Å². The predicted octanol–water partition coefficient (Wildman–Crippen LogP) is 3.89. The maximum absolute atomic E-state index is 11.9. The first-order valence-electron chi connectivity index (χ1n) is 9.88. The molecule has 8 nitrogen and oxygen atoms in total. The summed E-state index contributed by atoms with van der Waals surface area (Å²) in [5, 5.41) is 3.65. The number of hydrogen-bond acceptors (Lipinski definition) is 7. The molecule has 0 atom stereocenters. The number of aromatic nitrogens is 3. The lowest BCUT2D eigenvalue weighted by Gasteiger charge is -2.29. The second-order valence-corrected chi connectivity index (χ2v) is 8.23. The van der Waals surface area contributed by atoms with Gasteiger partial charge >= 0.3 is 6.09 Å². The van der Waals surface area contributed by atoms with Crippen LogP contribution in [0.3, 0.4) is 0 Å². The van der Waals surface area contributed by atoms with Gasteiger partial charge in [0.25, 0.3) is 0 Å². The molecule has 0 radical (unpaired) electrons.